The number of hydrogen-bond acceptors (Lipinski definition) is 6. The van der Waals surface area contributed by atoms with Gasteiger partial charge >= 0.3 is 13.1 Å². The molecule has 1 aromatic rings. The van der Waals surface area contributed by atoms with Gasteiger partial charge in [0, 0.05) is 5.46 Å². The Morgan fingerprint density at radius 1 is 1.44 bits per heavy atom. The summed E-state index contributed by atoms with van der Waals surface area (Å²) in [6, 6.07) is 2.77. The fourth-order valence-corrected chi connectivity index (χ4v) is 1.61. The van der Waals surface area contributed by atoms with Gasteiger partial charge in [0.2, 0.25) is 5.88 Å². The van der Waals surface area contributed by atoms with E-state index in [2.05, 4.69) is 9.72 Å². The Kier molecular flexibility index (Phi) is 3.83. The van der Waals surface area contributed by atoms with Crippen molar-refractivity contribution in [1.29, 1.82) is 0 Å². The largest absolute Gasteiger partial charge is 0.494 e. The van der Waals surface area contributed by atoms with Crippen molar-refractivity contribution in [2.45, 2.75) is 25.4 Å². The zero-order chi connectivity index (χ0) is 13.1. The molecule has 0 saturated heterocycles. The lowest BCUT2D eigenvalue weighted by Gasteiger charge is -2.26. The van der Waals surface area contributed by atoms with E-state index in [-0.39, 0.29) is 23.1 Å². The highest BCUT2D eigenvalue weighted by Crippen LogP contribution is 2.23. The van der Waals surface area contributed by atoms with Gasteiger partial charge in [-0.2, -0.15) is 0 Å². The topological polar surface area (TPSA) is 88.9 Å². The number of aromatic nitrogens is 1. The lowest BCUT2D eigenvalue weighted by molar-refractivity contribution is 0.0589. The molecule has 96 valence electrons. The Labute approximate surface area is 105 Å². The van der Waals surface area contributed by atoms with E-state index in [0.29, 0.717) is 0 Å². The van der Waals surface area contributed by atoms with E-state index in [1.54, 1.807) is 0 Å². The monoisotopic (exact) mass is 251 g/mol. The van der Waals surface area contributed by atoms with E-state index in [1.165, 1.54) is 19.2 Å². The van der Waals surface area contributed by atoms with E-state index in [4.69, 9.17) is 4.74 Å². The van der Waals surface area contributed by atoms with Gasteiger partial charge in [0.1, 0.15) is 6.10 Å². The third-order valence-electron chi connectivity index (χ3n) is 2.89. The average molecular weight is 251 g/mol. The fourth-order valence-electron chi connectivity index (χ4n) is 1.61. The normalized spacial score (nSPS) is 14.8. The molecule has 1 heterocycles. The first-order valence-electron chi connectivity index (χ1n) is 5.74. The molecule has 0 aliphatic heterocycles. The number of esters is 1. The first-order chi connectivity index (χ1) is 8.61. The molecule has 1 fully saturated rings. The van der Waals surface area contributed by atoms with Crippen molar-refractivity contribution in [1.82, 2.24) is 4.98 Å². The van der Waals surface area contributed by atoms with Crippen molar-refractivity contribution in [2.75, 3.05) is 7.11 Å². The van der Waals surface area contributed by atoms with Gasteiger partial charge in [-0.15, -0.1) is 0 Å². The molecule has 2 N–H and O–H groups in total. The van der Waals surface area contributed by atoms with Crippen LogP contribution in [0.25, 0.3) is 0 Å². The smallest absolute Gasteiger partial charge is 0.475 e. The molecule has 6 nitrogen and oxygen atoms in total. The maximum atomic E-state index is 11.4. The van der Waals surface area contributed by atoms with Gasteiger partial charge in [-0.3, -0.25) is 0 Å². The third-order valence-corrected chi connectivity index (χ3v) is 2.89. The van der Waals surface area contributed by atoms with Crippen molar-refractivity contribution < 1.29 is 24.3 Å². The van der Waals surface area contributed by atoms with Crippen molar-refractivity contribution in [3.05, 3.63) is 17.8 Å². The first-order valence-corrected chi connectivity index (χ1v) is 5.74. The molecule has 0 bridgehead atoms. The summed E-state index contributed by atoms with van der Waals surface area (Å²) in [7, 11) is -0.426. The molecule has 1 saturated carbocycles. The van der Waals surface area contributed by atoms with Crippen LogP contribution in [-0.4, -0.2) is 41.3 Å². The summed E-state index contributed by atoms with van der Waals surface area (Å²) in [4.78, 5) is 15.3. The van der Waals surface area contributed by atoms with Crippen molar-refractivity contribution >= 4 is 18.6 Å². The minimum atomic E-state index is -1.68. The van der Waals surface area contributed by atoms with Gasteiger partial charge in [-0.05, 0) is 25.3 Å². The number of nitrogens with zero attached hydrogens (tertiary/aromatic N) is 1. The molecule has 0 unspecified atom stereocenters. The number of carbonyl (C=O) groups is 1. The van der Waals surface area contributed by atoms with Gasteiger partial charge in [-0.1, -0.05) is 6.07 Å². The second kappa shape index (κ2) is 5.37. The van der Waals surface area contributed by atoms with Crippen LogP contribution in [0.15, 0.2) is 12.1 Å². The Hall–Kier alpha value is -1.60. The summed E-state index contributed by atoms with van der Waals surface area (Å²) < 4.78 is 10.1. The highest BCUT2D eigenvalue weighted by atomic mass is 16.5. The molecule has 0 radical (unpaired) electrons. The van der Waals surface area contributed by atoms with Crippen molar-refractivity contribution in [3.63, 3.8) is 0 Å². The summed E-state index contributed by atoms with van der Waals surface area (Å²) in [5, 5.41) is 18.4. The molecular formula is C11H14BNO5. The third kappa shape index (κ3) is 2.62. The van der Waals surface area contributed by atoms with Crippen LogP contribution in [0, 0.1) is 0 Å². The number of methoxy groups -OCH3 is 1. The SMILES string of the molecule is COC(=O)c1ccc(B(O)O)c(OC2CCC2)n1. The van der Waals surface area contributed by atoms with Crippen LogP contribution in [0.5, 0.6) is 5.88 Å². The Balaban J connectivity index is 2.27. The lowest BCUT2D eigenvalue weighted by atomic mass is 9.80. The molecule has 2 rings (SSSR count). The minimum absolute atomic E-state index is 0.0305. The fraction of sp³-hybridized carbons (Fsp3) is 0.455. The summed E-state index contributed by atoms with van der Waals surface area (Å²) in [6.45, 7) is 0. The van der Waals surface area contributed by atoms with Gasteiger partial charge in [0.15, 0.2) is 5.69 Å². The van der Waals surface area contributed by atoms with Gasteiger partial charge < -0.3 is 19.5 Å². The van der Waals surface area contributed by atoms with Crippen molar-refractivity contribution in [3.8, 4) is 5.88 Å². The first kappa shape index (κ1) is 12.9. The summed E-state index contributed by atoms with van der Waals surface area (Å²) in [6.07, 6.45) is 2.93. The number of pyridine rings is 1. The van der Waals surface area contributed by atoms with Crippen LogP contribution in [0.3, 0.4) is 0 Å². The highest BCUT2D eigenvalue weighted by molar-refractivity contribution is 6.59. The maximum Gasteiger partial charge on any atom is 0.494 e. The second-order valence-electron chi connectivity index (χ2n) is 4.13. The quantitative estimate of drug-likeness (QED) is 0.552. The predicted octanol–water partition coefficient (Wildman–Crippen LogP) is -0.521. The molecule has 0 aromatic carbocycles. The van der Waals surface area contributed by atoms with Crippen LogP contribution in [0.4, 0.5) is 0 Å². The van der Waals surface area contributed by atoms with E-state index in [9.17, 15) is 14.8 Å². The number of carbonyl (C=O) groups excluding carboxylic acids is 1. The minimum Gasteiger partial charge on any atom is -0.475 e. The molecule has 0 atom stereocenters. The molecule has 0 amide bonds. The van der Waals surface area contributed by atoms with E-state index in [0.717, 1.165) is 19.3 Å². The Morgan fingerprint density at radius 3 is 2.67 bits per heavy atom. The number of rotatable bonds is 4. The Bertz CT molecular complexity index is 447. The molecule has 0 spiro atoms. The molecule has 18 heavy (non-hydrogen) atoms. The number of ether oxygens (including phenoxy) is 2. The highest BCUT2D eigenvalue weighted by Gasteiger charge is 2.26. The van der Waals surface area contributed by atoms with Crippen molar-refractivity contribution in [2.24, 2.45) is 0 Å². The zero-order valence-corrected chi connectivity index (χ0v) is 10.00. The van der Waals surface area contributed by atoms with Crippen LogP contribution in [-0.2, 0) is 4.74 Å². The zero-order valence-electron chi connectivity index (χ0n) is 10.00. The molecule has 1 aromatic heterocycles. The standard InChI is InChI=1S/C11H14BNO5/c1-17-11(14)9-6-5-8(12(15)16)10(13-9)18-7-3-2-4-7/h5-7,15-16H,2-4H2,1H3. The van der Waals surface area contributed by atoms with Gasteiger partial charge in [0.05, 0.1) is 7.11 Å². The van der Waals surface area contributed by atoms with E-state index < -0.39 is 13.1 Å². The van der Waals surface area contributed by atoms with Gasteiger partial charge in [0.25, 0.3) is 0 Å². The lowest BCUT2D eigenvalue weighted by Crippen LogP contribution is -2.36. The van der Waals surface area contributed by atoms with Crippen LogP contribution < -0.4 is 10.2 Å². The molecule has 1 aliphatic rings. The summed E-state index contributed by atoms with van der Waals surface area (Å²) >= 11 is 0. The summed E-state index contributed by atoms with van der Waals surface area (Å²) in [5.74, 6) is -0.509. The summed E-state index contributed by atoms with van der Waals surface area (Å²) in [5.41, 5.74) is 0.228. The van der Waals surface area contributed by atoms with E-state index in [1.807, 2.05) is 0 Å². The van der Waals surface area contributed by atoms with Crippen LogP contribution >= 0.6 is 0 Å². The van der Waals surface area contributed by atoms with Crippen LogP contribution in [0.1, 0.15) is 29.8 Å². The van der Waals surface area contributed by atoms with Crippen LogP contribution in [0.2, 0.25) is 0 Å². The molecule has 7 heteroatoms. The molecule has 1 aliphatic carbocycles. The maximum absolute atomic E-state index is 11.4. The van der Waals surface area contributed by atoms with E-state index >= 15 is 0 Å². The average Bonchev–Trinajstić information content (AvgIpc) is 2.32. The predicted molar refractivity (Wildman–Crippen MR) is 63.7 cm³/mol. The molecular weight excluding hydrogens is 237 g/mol. The van der Waals surface area contributed by atoms with Gasteiger partial charge in [-0.25, -0.2) is 9.78 Å². The Morgan fingerprint density at radius 2 is 2.17 bits per heavy atom. The number of hydrogen-bond donors (Lipinski definition) is 2. The second-order valence-corrected chi connectivity index (χ2v) is 4.13.